The maximum atomic E-state index is 12.1. The predicted octanol–water partition coefficient (Wildman–Crippen LogP) is 2.60. The molecule has 0 saturated carbocycles. The Morgan fingerprint density at radius 1 is 1.00 bits per heavy atom. The van der Waals surface area contributed by atoms with Gasteiger partial charge in [-0.2, -0.15) is 0 Å². The lowest BCUT2D eigenvalue weighted by Crippen LogP contribution is -2.40. The molecule has 5 nitrogen and oxygen atoms in total. The van der Waals surface area contributed by atoms with Crippen LogP contribution in [0.3, 0.4) is 0 Å². The van der Waals surface area contributed by atoms with Crippen LogP contribution >= 0.6 is 15.9 Å². The molecule has 6 heteroatoms. The summed E-state index contributed by atoms with van der Waals surface area (Å²) in [6.07, 6.45) is 0. The van der Waals surface area contributed by atoms with Crippen LogP contribution in [-0.2, 0) is 4.79 Å². The van der Waals surface area contributed by atoms with E-state index in [1.807, 2.05) is 50.5 Å². The molecular formula is C19H22BrN3O2. The molecule has 132 valence electrons. The van der Waals surface area contributed by atoms with Gasteiger partial charge in [-0.1, -0.05) is 42.5 Å². The lowest BCUT2D eigenvalue weighted by Gasteiger charge is -2.25. The fourth-order valence-corrected chi connectivity index (χ4v) is 2.91. The second kappa shape index (κ2) is 9.34. The van der Waals surface area contributed by atoms with E-state index in [9.17, 15) is 9.59 Å². The van der Waals surface area contributed by atoms with Crippen molar-refractivity contribution in [1.82, 2.24) is 15.5 Å². The van der Waals surface area contributed by atoms with Crippen molar-refractivity contribution < 1.29 is 9.59 Å². The third-order valence-electron chi connectivity index (χ3n) is 3.83. The standard InChI is InChI=1S/C19H22BrN3O2/c1-23(2)17(14-8-4-3-5-9-14)12-21-18(24)13-22-19(25)15-10-6-7-11-16(15)20/h3-11,17H,12-13H2,1-2H3,(H,21,24)(H,22,25). The van der Waals surface area contributed by atoms with Crippen molar-refractivity contribution in [2.24, 2.45) is 0 Å². The van der Waals surface area contributed by atoms with E-state index in [0.717, 1.165) is 5.56 Å². The summed E-state index contributed by atoms with van der Waals surface area (Å²) < 4.78 is 0.699. The smallest absolute Gasteiger partial charge is 0.252 e. The average molecular weight is 404 g/mol. The molecule has 0 spiro atoms. The van der Waals surface area contributed by atoms with Crippen molar-refractivity contribution in [2.45, 2.75) is 6.04 Å². The van der Waals surface area contributed by atoms with Gasteiger partial charge >= 0.3 is 0 Å². The second-order valence-corrected chi connectivity index (χ2v) is 6.71. The largest absolute Gasteiger partial charge is 0.353 e. The van der Waals surface area contributed by atoms with Gasteiger partial charge in [0.15, 0.2) is 0 Å². The van der Waals surface area contributed by atoms with E-state index in [4.69, 9.17) is 0 Å². The summed E-state index contributed by atoms with van der Waals surface area (Å²) in [4.78, 5) is 26.2. The van der Waals surface area contributed by atoms with Crippen LogP contribution in [0.4, 0.5) is 0 Å². The Bertz CT molecular complexity index is 720. The average Bonchev–Trinajstić information content (AvgIpc) is 2.61. The Labute approximate surface area is 156 Å². The minimum atomic E-state index is -0.283. The van der Waals surface area contributed by atoms with E-state index in [1.165, 1.54) is 0 Å². The number of nitrogens with zero attached hydrogens (tertiary/aromatic N) is 1. The predicted molar refractivity (Wildman–Crippen MR) is 102 cm³/mol. The number of carbonyl (C=O) groups excluding carboxylic acids is 2. The molecule has 2 aromatic carbocycles. The first-order valence-corrected chi connectivity index (χ1v) is 8.79. The fourth-order valence-electron chi connectivity index (χ4n) is 2.45. The Balaban J connectivity index is 1.85. The van der Waals surface area contributed by atoms with E-state index in [2.05, 4.69) is 31.5 Å². The molecule has 2 rings (SSSR count). The van der Waals surface area contributed by atoms with Crippen LogP contribution in [0.15, 0.2) is 59.1 Å². The molecule has 0 fully saturated rings. The zero-order valence-corrected chi connectivity index (χ0v) is 15.9. The highest BCUT2D eigenvalue weighted by Crippen LogP contribution is 2.17. The SMILES string of the molecule is CN(C)C(CNC(=O)CNC(=O)c1ccccc1Br)c1ccccc1. The number of likely N-dealkylation sites (N-methyl/N-ethyl adjacent to an activating group) is 1. The molecule has 2 N–H and O–H groups in total. The highest BCUT2D eigenvalue weighted by molar-refractivity contribution is 9.10. The first-order chi connectivity index (χ1) is 12.0. The number of benzene rings is 2. The summed E-state index contributed by atoms with van der Waals surface area (Å²) in [5, 5.41) is 5.51. The summed E-state index contributed by atoms with van der Waals surface area (Å²) in [6.45, 7) is 0.413. The number of carbonyl (C=O) groups is 2. The molecule has 0 aliphatic heterocycles. The molecule has 0 aliphatic carbocycles. The molecule has 0 aliphatic rings. The number of hydrogen-bond donors (Lipinski definition) is 2. The van der Waals surface area contributed by atoms with Gasteiger partial charge in [0.05, 0.1) is 18.2 Å². The van der Waals surface area contributed by atoms with E-state index < -0.39 is 0 Å². The van der Waals surface area contributed by atoms with E-state index >= 15 is 0 Å². The lowest BCUT2D eigenvalue weighted by atomic mass is 10.1. The molecule has 25 heavy (non-hydrogen) atoms. The summed E-state index contributed by atoms with van der Waals surface area (Å²) in [5.41, 5.74) is 1.64. The fraction of sp³-hybridized carbons (Fsp3) is 0.263. The van der Waals surface area contributed by atoms with Gasteiger partial charge in [-0.3, -0.25) is 9.59 Å². The van der Waals surface area contributed by atoms with Crippen LogP contribution < -0.4 is 10.6 Å². The quantitative estimate of drug-likeness (QED) is 0.746. The van der Waals surface area contributed by atoms with E-state index in [1.54, 1.807) is 18.2 Å². The Kier molecular flexibility index (Phi) is 7.16. The zero-order valence-electron chi connectivity index (χ0n) is 14.3. The first kappa shape index (κ1) is 19.1. The lowest BCUT2D eigenvalue weighted by molar-refractivity contribution is -0.120. The zero-order chi connectivity index (χ0) is 18.2. The number of rotatable bonds is 7. The van der Waals surface area contributed by atoms with Crippen LogP contribution in [-0.4, -0.2) is 43.9 Å². The molecule has 1 atom stereocenters. The van der Waals surface area contributed by atoms with Gasteiger partial charge in [0.2, 0.25) is 5.91 Å². The van der Waals surface area contributed by atoms with Crippen LogP contribution in [0.25, 0.3) is 0 Å². The summed E-state index contributed by atoms with van der Waals surface area (Å²) in [7, 11) is 3.94. The van der Waals surface area contributed by atoms with Crippen LogP contribution in [0.5, 0.6) is 0 Å². The molecule has 2 amide bonds. The van der Waals surface area contributed by atoms with E-state index in [-0.39, 0.29) is 24.4 Å². The molecule has 0 aromatic heterocycles. The minimum Gasteiger partial charge on any atom is -0.353 e. The van der Waals surface area contributed by atoms with Gasteiger partial charge in [0.1, 0.15) is 0 Å². The molecule has 0 bridgehead atoms. The second-order valence-electron chi connectivity index (χ2n) is 5.86. The van der Waals surface area contributed by atoms with Gasteiger partial charge in [0, 0.05) is 11.0 Å². The molecule has 0 heterocycles. The molecule has 0 saturated heterocycles. The normalized spacial score (nSPS) is 11.8. The maximum Gasteiger partial charge on any atom is 0.252 e. The Morgan fingerprint density at radius 2 is 1.64 bits per heavy atom. The topological polar surface area (TPSA) is 61.4 Å². The molecule has 1 unspecified atom stereocenters. The third-order valence-corrected chi connectivity index (χ3v) is 4.52. The van der Waals surface area contributed by atoms with Crippen molar-refractivity contribution in [1.29, 1.82) is 0 Å². The molecule has 0 radical (unpaired) electrons. The Morgan fingerprint density at radius 3 is 2.28 bits per heavy atom. The highest BCUT2D eigenvalue weighted by Gasteiger charge is 2.15. The van der Waals surface area contributed by atoms with Gasteiger partial charge in [0.25, 0.3) is 5.91 Å². The summed E-state index contributed by atoms with van der Waals surface area (Å²) >= 11 is 3.33. The highest BCUT2D eigenvalue weighted by atomic mass is 79.9. The van der Waals surface area contributed by atoms with Gasteiger partial charge in [-0.05, 0) is 47.7 Å². The van der Waals surface area contributed by atoms with Crippen molar-refractivity contribution in [3.05, 3.63) is 70.2 Å². The molecular weight excluding hydrogens is 382 g/mol. The summed E-state index contributed by atoms with van der Waals surface area (Å²) in [5.74, 6) is -0.502. The number of nitrogens with one attached hydrogen (secondary N) is 2. The third kappa shape index (κ3) is 5.69. The summed E-state index contributed by atoms with van der Waals surface area (Å²) in [6, 6.07) is 17.2. The monoisotopic (exact) mass is 403 g/mol. The van der Waals surface area contributed by atoms with Crippen LogP contribution in [0.2, 0.25) is 0 Å². The number of halogens is 1. The minimum absolute atomic E-state index is 0.0604. The van der Waals surface area contributed by atoms with Crippen molar-refractivity contribution in [3.63, 3.8) is 0 Å². The number of amides is 2. The van der Waals surface area contributed by atoms with Crippen molar-refractivity contribution in [2.75, 3.05) is 27.2 Å². The van der Waals surface area contributed by atoms with Gasteiger partial charge in [-0.15, -0.1) is 0 Å². The first-order valence-electron chi connectivity index (χ1n) is 8.00. The van der Waals surface area contributed by atoms with Crippen molar-refractivity contribution in [3.8, 4) is 0 Å². The van der Waals surface area contributed by atoms with Gasteiger partial charge < -0.3 is 15.5 Å². The molecule has 2 aromatic rings. The maximum absolute atomic E-state index is 12.1. The number of hydrogen-bond acceptors (Lipinski definition) is 3. The van der Waals surface area contributed by atoms with Crippen molar-refractivity contribution >= 4 is 27.7 Å². The van der Waals surface area contributed by atoms with Crippen LogP contribution in [0.1, 0.15) is 22.0 Å². The van der Waals surface area contributed by atoms with E-state index in [0.29, 0.717) is 16.6 Å². The Hall–Kier alpha value is -2.18. The van der Waals surface area contributed by atoms with Gasteiger partial charge in [-0.25, -0.2) is 0 Å². The van der Waals surface area contributed by atoms with Crippen LogP contribution in [0, 0.1) is 0 Å².